The predicted octanol–water partition coefficient (Wildman–Crippen LogP) is 4.36. The first-order valence-electron chi connectivity index (χ1n) is 11.8. The van der Waals surface area contributed by atoms with E-state index in [9.17, 15) is 13.2 Å². The molecule has 0 fully saturated rings. The summed E-state index contributed by atoms with van der Waals surface area (Å²) in [6.07, 6.45) is 0. The summed E-state index contributed by atoms with van der Waals surface area (Å²) < 4.78 is 26.5. The second-order valence-electron chi connectivity index (χ2n) is 8.34. The van der Waals surface area contributed by atoms with E-state index in [1.807, 2.05) is 60.7 Å². The van der Waals surface area contributed by atoms with E-state index < -0.39 is 15.9 Å². The van der Waals surface area contributed by atoms with Crippen LogP contribution in [0.3, 0.4) is 0 Å². The standard InChI is InChI=1S/C28H24N6O3S/c35-27(31-33-38(36,37)25-14-8-3-9-15-25)23-16-18-24(19-17-23)29-28-30-26(22-12-6-2-7-13-22)32-34(28)20-21-10-4-1-5-11-21/h1-19,33H,20H2,(H,31,35)(H,29,30,32). The van der Waals surface area contributed by atoms with Crippen molar-refractivity contribution in [2.24, 2.45) is 0 Å². The molecule has 4 aromatic carbocycles. The third kappa shape index (κ3) is 5.94. The van der Waals surface area contributed by atoms with Crippen molar-refractivity contribution in [2.75, 3.05) is 5.32 Å². The topological polar surface area (TPSA) is 118 Å². The van der Waals surface area contributed by atoms with Gasteiger partial charge < -0.3 is 5.32 Å². The van der Waals surface area contributed by atoms with Crippen LogP contribution in [-0.2, 0) is 16.6 Å². The van der Waals surface area contributed by atoms with Crippen molar-refractivity contribution < 1.29 is 13.2 Å². The van der Waals surface area contributed by atoms with E-state index in [-0.39, 0.29) is 10.5 Å². The maximum Gasteiger partial charge on any atom is 0.266 e. The van der Waals surface area contributed by atoms with Crippen molar-refractivity contribution in [3.8, 4) is 11.4 Å². The number of benzene rings is 4. The molecule has 5 rings (SSSR count). The van der Waals surface area contributed by atoms with Gasteiger partial charge in [-0.15, -0.1) is 9.93 Å². The zero-order valence-corrected chi connectivity index (χ0v) is 21.0. The van der Waals surface area contributed by atoms with Crippen LogP contribution in [0.4, 0.5) is 11.6 Å². The van der Waals surface area contributed by atoms with Crippen LogP contribution in [-0.4, -0.2) is 29.1 Å². The number of nitrogens with zero attached hydrogens (tertiary/aromatic N) is 3. The molecule has 0 saturated heterocycles. The zero-order valence-electron chi connectivity index (χ0n) is 20.2. The predicted molar refractivity (Wildman–Crippen MR) is 145 cm³/mol. The van der Waals surface area contributed by atoms with Crippen molar-refractivity contribution in [1.82, 2.24) is 25.0 Å². The Labute approximate surface area is 220 Å². The van der Waals surface area contributed by atoms with E-state index in [2.05, 4.69) is 15.6 Å². The number of hydrogen-bond donors (Lipinski definition) is 3. The van der Waals surface area contributed by atoms with Crippen LogP contribution < -0.4 is 15.6 Å². The molecular formula is C28H24N6O3S. The highest BCUT2D eigenvalue weighted by atomic mass is 32.2. The minimum Gasteiger partial charge on any atom is -0.324 e. The number of nitrogens with one attached hydrogen (secondary N) is 3. The molecule has 3 N–H and O–H groups in total. The molecule has 190 valence electrons. The normalized spacial score (nSPS) is 11.2. The van der Waals surface area contributed by atoms with Crippen molar-refractivity contribution in [2.45, 2.75) is 11.4 Å². The summed E-state index contributed by atoms with van der Waals surface area (Å²) >= 11 is 0. The summed E-state index contributed by atoms with van der Waals surface area (Å²) in [5.41, 5.74) is 5.18. The van der Waals surface area contributed by atoms with E-state index in [4.69, 9.17) is 10.1 Å². The second kappa shape index (κ2) is 11.1. The summed E-state index contributed by atoms with van der Waals surface area (Å²) in [7, 11) is -3.88. The Bertz CT molecular complexity index is 1620. The van der Waals surface area contributed by atoms with Crippen LogP contribution in [0.2, 0.25) is 0 Å². The molecule has 0 aliphatic carbocycles. The summed E-state index contributed by atoms with van der Waals surface area (Å²) in [5.74, 6) is 0.543. The number of carbonyl (C=O) groups is 1. The first-order chi connectivity index (χ1) is 18.5. The van der Waals surface area contributed by atoms with E-state index >= 15 is 0 Å². The number of hydrazine groups is 1. The number of sulfonamides is 1. The summed E-state index contributed by atoms with van der Waals surface area (Å²) in [6.45, 7) is 0.519. The highest BCUT2D eigenvalue weighted by Crippen LogP contribution is 2.22. The number of hydrogen-bond acceptors (Lipinski definition) is 6. The molecular weight excluding hydrogens is 500 g/mol. The Morgan fingerprint density at radius 2 is 1.37 bits per heavy atom. The largest absolute Gasteiger partial charge is 0.324 e. The van der Waals surface area contributed by atoms with Crippen LogP contribution in [0.25, 0.3) is 11.4 Å². The van der Waals surface area contributed by atoms with E-state index in [1.165, 1.54) is 12.1 Å². The molecule has 38 heavy (non-hydrogen) atoms. The molecule has 0 radical (unpaired) electrons. The highest BCUT2D eigenvalue weighted by Gasteiger charge is 2.16. The molecule has 0 atom stereocenters. The lowest BCUT2D eigenvalue weighted by Crippen LogP contribution is -2.41. The molecule has 0 aliphatic rings. The lowest BCUT2D eigenvalue weighted by atomic mass is 10.2. The molecule has 10 heteroatoms. The number of carbonyl (C=O) groups excluding carboxylic acids is 1. The summed E-state index contributed by atoms with van der Waals surface area (Å²) in [5, 5.41) is 7.98. The van der Waals surface area contributed by atoms with Gasteiger partial charge in [0.25, 0.3) is 15.9 Å². The van der Waals surface area contributed by atoms with Crippen molar-refractivity contribution in [3.63, 3.8) is 0 Å². The Balaban J connectivity index is 1.31. The summed E-state index contributed by atoms with van der Waals surface area (Å²) in [4.78, 5) is 19.4. The number of amides is 1. The summed E-state index contributed by atoms with van der Waals surface area (Å²) in [6, 6.07) is 34.1. The van der Waals surface area contributed by atoms with Gasteiger partial charge in [0.1, 0.15) is 0 Å². The molecule has 9 nitrogen and oxygen atoms in total. The van der Waals surface area contributed by atoms with Crippen LogP contribution in [0.15, 0.2) is 120 Å². The Morgan fingerprint density at radius 1 is 0.763 bits per heavy atom. The Hall–Kier alpha value is -4.80. The van der Waals surface area contributed by atoms with Gasteiger partial charge in [-0.2, -0.15) is 4.98 Å². The third-order valence-electron chi connectivity index (χ3n) is 5.63. The van der Waals surface area contributed by atoms with Gasteiger partial charge in [-0.1, -0.05) is 78.9 Å². The Morgan fingerprint density at radius 3 is 2.03 bits per heavy atom. The molecule has 5 aromatic rings. The minimum absolute atomic E-state index is 0.0503. The van der Waals surface area contributed by atoms with E-state index in [0.717, 1.165) is 11.1 Å². The van der Waals surface area contributed by atoms with Crippen LogP contribution >= 0.6 is 0 Å². The fraction of sp³-hybridized carbons (Fsp3) is 0.0357. The Kier molecular flexibility index (Phi) is 7.25. The van der Waals surface area contributed by atoms with Gasteiger partial charge in [-0.3, -0.25) is 10.2 Å². The van der Waals surface area contributed by atoms with Gasteiger partial charge in [0.05, 0.1) is 11.4 Å². The molecule has 0 bridgehead atoms. The average molecular weight is 525 g/mol. The molecule has 0 spiro atoms. The zero-order chi connectivity index (χ0) is 26.4. The number of aromatic nitrogens is 3. The third-order valence-corrected chi connectivity index (χ3v) is 6.90. The highest BCUT2D eigenvalue weighted by molar-refractivity contribution is 7.89. The fourth-order valence-corrected chi connectivity index (χ4v) is 4.55. The van der Waals surface area contributed by atoms with Crippen LogP contribution in [0.1, 0.15) is 15.9 Å². The van der Waals surface area contributed by atoms with Gasteiger partial charge in [0, 0.05) is 16.8 Å². The first kappa shape index (κ1) is 24.9. The fourth-order valence-electron chi connectivity index (χ4n) is 3.69. The molecule has 0 unspecified atom stereocenters. The molecule has 1 aromatic heterocycles. The maximum atomic E-state index is 12.5. The van der Waals surface area contributed by atoms with Crippen LogP contribution in [0, 0.1) is 0 Å². The second-order valence-corrected chi connectivity index (χ2v) is 10.0. The van der Waals surface area contributed by atoms with Gasteiger partial charge in [0.2, 0.25) is 5.95 Å². The van der Waals surface area contributed by atoms with Crippen molar-refractivity contribution in [1.29, 1.82) is 0 Å². The van der Waals surface area contributed by atoms with Crippen molar-refractivity contribution in [3.05, 3.63) is 126 Å². The first-order valence-corrected chi connectivity index (χ1v) is 13.2. The number of anilines is 2. The lowest BCUT2D eigenvalue weighted by Gasteiger charge is -2.10. The quantitative estimate of drug-likeness (QED) is 0.247. The molecule has 0 saturated carbocycles. The van der Waals surface area contributed by atoms with E-state index in [1.54, 1.807) is 47.1 Å². The molecule has 1 heterocycles. The molecule has 0 aliphatic heterocycles. The van der Waals surface area contributed by atoms with Crippen molar-refractivity contribution >= 4 is 27.6 Å². The molecule has 1 amide bonds. The van der Waals surface area contributed by atoms with Gasteiger partial charge in [-0.05, 0) is 42.0 Å². The smallest absolute Gasteiger partial charge is 0.266 e. The average Bonchev–Trinajstić information content (AvgIpc) is 3.35. The number of rotatable bonds is 9. The maximum absolute atomic E-state index is 12.5. The van der Waals surface area contributed by atoms with Gasteiger partial charge in [-0.25, -0.2) is 13.1 Å². The lowest BCUT2D eigenvalue weighted by molar-refractivity contribution is 0.0945. The SMILES string of the molecule is O=C(NNS(=O)(=O)c1ccccc1)c1ccc(Nc2nc(-c3ccccc3)nn2Cc2ccccc2)cc1. The minimum atomic E-state index is -3.88. The van der Waals surface area contributed by atoms with E-state index in [0.29, 0.717) is 24.0 Å². The van der Waals surface area contributed by atoms with Gasteiger partial charge >= 0.3 is 0 Å². The van der Waals surface area contributed by atoms with Gasteiger partial charge in [0.15, 0.2) is 5.82 Å². The monoisotopic (exact) mass is 524 g/mol. The van der Waals surface area contributed by atoms with Crippen LogP contribution in [0.5, 0.6) is 0 Å².